The molecule has 0 unspecified atom stereocenters. The van der Waals surface area contributed by atoms with Gasteiger partial charge in [0.2, 0.25) is 0 Å². The van der Waals surface area contributed by atoms with Crippen molar-refractivity contribution in [1.82, 2.24) is 0 Å². The van der Waals surface area contributed by atoms with Crippen LogP contribution in [0.3, 0.4) is 0 Å². The average molecular weight is 439 g/mol. The quantitative estimate of drug-likeness (QED) is 0.250. The van der Waals surface area contributed by atoms with Gasteiger partial charge in [-0.05, 0) is 38.7 Å². The Morgan fingerprint density at radius 1 is 0.594 bits per heavy atom. The first-order valence-electron chi connectivity index (χ1n) is 11.0. The molecule has 0 fully saturated rings. The molecule has 162 valence electrons. The van der Waals surface area contributed by atoms with Crippen molar-refractivity contribution in [2.75, 3.05) is 6.79 Å². The molecule has 0 heterocycles. The van der Waals surface area contributed by atoms with Gasteiger partial charge in [0.15, 0.2) is 6.79 Å². The van der Waals surface area contributed by atoms with Crippen LogP contribution in [0, 0.1) is 0 Å². The molecule has 0 N–H and O–H groups in total. The molecule has 4 aromatic carbocycles. The summed E-state index contributed by atoms with van der Waals surface area (Å²) in [6.45, 7) is 7.02. The van der Waals surface area contributed by atoms with Gasteiger partial charge in [-0.15, -0.1) is 0 Å². The van der Waals surface area contributed by atoms with E-state index in [0.717, 1.165) is 11.3 Å². The zero-order valence-corrected chi connectivity index (χ0v) is 20.0. The molecule has 0 atom stereocenters. The lowest BCUT2D eigenvalue weighted by atomic mass is 10.1. The number of hydrogen-bond acceptors (Lipinski definition) is 2. The van der Waals surface area contributed by atoms with E-state index in [1.54, 1.807) is 0 Å². The topological polar surface area (TPSA) is 18.5 Å². The van der Waals surface area contributed by atoms with Crippen LogP contribution in [0.2, 0.25) is 5.04 Å². The highest BCUT2D eigenvalue weighted by Gasteiger charge is 2.50. The third kappa shape index (κ3) is 4.54. The predicted octanol–water partition coefficient (Wildman–Crippen LogP) is 6.27. The van der Waals surface area contributed by atoms with Crippen LogP contribution in [0.15, 0.2) is 115 Å². The monoisotopic (exact) mass is 438 g/mol. The highest BCUT2D eigenvalue weighted by molar-refractivity contribution is 6.99. The zero-order valence-electron chi connectivity index (χ0n) is 19.0. The molecule has 32 heavy (non-hydrogen) atoms. The second kappa shape index (κ2) is 9.56. The first-order valence-corrected chi connectivity index (χ1v) is 12.9. The predicted molar refractivity (Wildman–Crippen MR) is 136 cm³/mol. The van der Waals surface area contributed by atoms with Crippen LogP contribution >= 0.6 is 0 Å². The van der Waals surface area contributed by atoms with Gasteiger partial charge >= 0.3 is 0 Å². The van der Waals surface area contributed by atoms with E-state index in [4.69, 9.17) is 9.16 Å². The van der Waals surface area contributed by atoms with Gasteiger partial charge < -0.3 is 9.16 Å². The van der Waals surface area contributed by atoms with Crippen molar-refractivity contribution < 1.29 is 9.16 Å². The van der Waals surface area contributed by atoms with Crippen LogP contribution in [-0.2, 0) is 4.43 Å². The fourth-order valence-corrected chi connectivity index (χ4v) is 8.73. The van der Waals surface area contributed by atoms with E-state index in [-0.39, 0.29) is 11.8 Å². The Balaban J connectivity index is 1.63. The maximum Gasteiger partial charge on any atom is 0.265 e. The highest BCUT2D eigenvalue weighted by atomic mass is 28.4. The van der Waals surface area contributed by atoms with E-state index >= 15 is 0 Å². The molecule has 0 aliphatic heterocycles. The third-order valence-corrected chi connectivity index (χ3v) is 10.8. The molecule has 0 aliphatic carbocycles. The molecule has 0 spiro atoms. The first kappa shape index (κ1) is 22.1. The molecule has 0 aromatic heterocycles. The van der Waals surface area contributed by atoms with Crippen LogP contribution in [-0.4, -0.2) is 15.1 Å². The van der Waals surface area contributed by atoms with Crippen molar-refractivity contribution in [2.24, 2.45) is 0 Å². The summed E-state index contributed by atoms with van der Waals surface area (Å²) in [5.74, 6) is 0.810. The average Bonchev–Trinajstić information content (AvgIpc) is 2.83. The largest absolute Gasteiger partial charge is 0.468 e. The molecule has 0 amide bonds. The van der Waals surface area contributed by atoms with Gasteiger partial charge in [0.1, 0.15) is 5.75 Å². The summed E-state index contributed by atoms with van der Waals surface area (Å²) in [5.41, 5.74) is 2.31. The molecular weight excluding hydrogens is 408 g/mol. The molecule has 4 aromatic rings. The van der Waals surface area contributed by atoms with Crippen LogP contribution in [0.4, 0.5) is 0 Å². The van der Waals surface area contributed by atoms with Crippen LogP contribution in [0.5, 0.6) is 5.75 Å². The van der Waals surface area contributed by atoms with Gasteiger partial charge in [-0.25, -0.2) is 0 Å². The van der Waals surface area contributed by atoms with Gasteiger partial charge in [0.25, 0.3) is 8.32 Å². The molecule has 0 bridgehead atoms. The van der Waals surface area contributed by atoms with E-state index in [2.05, 4.69) is 118 Å². The van der Waals surface area contributed by atoms with Crippen molar-refractivity contribution in [3.05, 3.63) is 115 Å². The number of benzene rings is 4. The van der Waals surface area contributed by atoms with Crippen molar-refractivity contribution >= 4 is 18.7 Å². The van der Waals surface area contributed by atoms with Crippen molar-refractivity contribution in [1.29, 1.82) is 0 Å². The molecule has 0 saturated carbocycles. The van der Waals surface area contributed by atoms with Crippen LogP contribution < -0.4 is 15.1 Å². The van der Waals surface area contributed by atoms with Gasteiger partial charge in [0, 0.05) is 0 Å². The van der Waals surface area contributed by atoms with Crippen molar-refractivity contribution in [2.45, 2.75) is 25.8 Å². The Labute approximate surface area is 192 Å². The normalized spacial score (nSPS) is 11.8. The lowest BCUT2D eigenvalue weighted by molar-refractivity contribution is 0.110. The maximum absolute atomic E-state index is 6.83. The van der Waals surface area contributed by atoms with Gasteiger partial charge in [-0.2, -0.15) is 0 Å². The summed E-state index contributed by atoms with van der Waals surface area (Å²) >= 11 is 0. The Kier molecular flexibility index (Phi) is 6.59. The second-order valence-electron chi connectivity index (χ2n) is 8.96. The van der Waals surface area contributed by atoms with E-state index in [1.807, 2.05) is 18.2 Å². The van der Waals surface area contributed by atoms with E-state index < -0.39 is 8.32 Å². The van der Waals surface area contributed by atoms with Crippen molar-refractivity contribution in [3.63, 3.8) is 0 Å². The van der Waals surface area contributed by atoms with E-state index in [9.17, 15) is 0 Å². The van der Waals surface area contributed by atoms with Gasteiger partial charge in [-0.1, -0.05) is 124 Å². The maximum atomic E-state index is 6.83. The minimum atomic E-state index is -2.61. The Hall–Kier alpha value is -3.14. The standard InChI is InChI=1S/C29H30O2Si/c1-29(2,3)32(27-18-9-5-10-19-27,28-20-11-6-12-21-28)31-23-30-26-17-13-16-25(22-26)24-14-7-4-8-15-24/h4-22H,23H2,1-3H3. The molecule has 0 aliphatic rings. The Bertz CT molecular complexity index is 1080. The SMILES string of the molecule is CC(C)(C)[Si](OCOc1cccc(-c2ccccc2)c1)(c1ccccc1)c1ccccc1. The molecule has 0 saturated heterocycles. The van der Waals surface area contributed by atoms with Gasteiger partial charge in [-0.3, -0.25) is 0 Å². The van der Waals surface area contributed by atoms with E-state index in [0.29, 0.717) is 0 Å². The summed E-state index contributed by atoms with van der Waals surface area (Å²) < 4.78 is 13.0. The van der Waals surface area contributed by atoms with Crippen LogP contribution in [0.1, 0.15) is 20.8 Å². The fraction of sp³-hybridized carbons (Fsp3) is 0.172. The summed E-state index contributed by atoms with van der Waals surface area (Å²) in [6.07, 6.45) is 0. The molecule has 4 rings (SSSR count). The van der Waals surface area contributed by atoms with E-state index in [1.165, 1.54) is 15.9 Å². The summed E-state index contributed by atoms with van der Waals surface area (Å²) in [5, 5.41) is 2.42. The molecule has 3 heteroatoms. The number of ether oxygens (including phenoxy) is 1. The first-order chi connectivity index (χ1) is 15.5. The number of hydrogen-bond donors (Lipinski definition) is 0. The minimum absolute atomic E-state index is 0.0784. The third-order valence-electron chi connectivity index (χ3n) is 5.86. The fourth-order valence-electron chi connectivity index (χ4n) is 4.34. The summed E-state index contributed by atoms with van der Waals surface area (Å²) in [7, 11) is -2.61. The minimum Gasteiger partial charge on any atom is -0.468 e. The molecular formula is C29H30O2Si. The van der Waals surface area contributed by atoms with Gasteiger partial charge in [0.05, 0.1) is 0 Å². The zero-order chi connectivity index (χ0) is 22.4. The smallest absolute Gasteiger partial charge is 0.265 e. The number of rotatable bonds is 7. The van der Waals surface area contributed by atoms with Crippen LogP contribution in [0.25, 0.3) is 11.1 Å². The second-order valence-corrected chi connectivity index (χ2v) is 13.3. The highest BCUT2D eigenvalue weighted by Crippen LogP contribution is 2.36. The lowest BCUT2D eigenvalue weighted by Crippen LogP contribution is -2.66. The Morgan fingerprint density at radius 3 is 1.62 bits per heavy atom. The summed E-state index contributed by atoms with van der Waals surface area (Å²) in [4.78, 5) is 0. The lowest BCUT2D eigenvalue weighted by Gasteiger charge is -2.42. The summed E-state index contributed by atoms with van der Waals surface area (Å²) in [6, 6.07) is 39.8. The van der Waals surface area contributed by atoms with Crippen molar-refractivity contribution in [3.8, 4) is 16.9 Å². The molecule has 0 radical (unpaired) electrons. The molecule has 2 nitrogen and oxygen atoms in total. The Morgan fingerprint density at radius 2 is 1.09 bits per heavy atom.